The molecule has 0 radical (unpaired) electrons. The van der Waals surface area contributed by atoms with E-state index in [0.717, 1.165) is 65.0 Å². The van der Waals surface area contributed by atoms with Crippen LogP contribution in [0.1, 0.15) is 18.4 Å². The summed E-state index contributed by atoms with van der Waals surface area (Å²) < 4.78 is 18.7. The van der Waals surface area contributed by atoms with E-state index >= 15 is 0 Å². The molecular weight excluding hydrogens is 440 g/mol. The third kappa shape index (κ3) is 5.03. The Balaban J connectivity index is 1.48. The van der Waals surface area contributed by atoms with Crippen LogP contribution in [-0.4, -0.2) is 38.0 Å². The van der Waals surface area contributed by atoms with E-state index in [2.05, 4.69) is 5.32 Å². The van der Waals surface area contributed by atoms with Crippen LogP contribution in [0.2, 0.25) is 0 Å². The van der Waals surface area contributed by atoms with Gasteiger partial charge in [0.05, 0.1) is 26.3 Å². The Morgan fingerprint density at radius 3 is 2.17 bits per heavy atom. The quantitative estimate of drug-likeness (QED) is 0.418. The second kappa shape index (κ2) is 10.2. The largest absolute Gasteiger partial charge is 0.497 e. The van der Waals surface area contributed by atoms with Crippen LogP contribution in [0.5, 0.6) is 17.2 Å². The zero-order chi connectivity index (χ0) is 24.2. The summed E-state index contributed by atoms with van der Waals surface area (Å²) in [5.41, 5.74) is 3.65. The maximum absolute atomic E-state index is 13.4. The van der Waals surface area contributed by atoms with E-state index in [0.29, 0.717) is 12.3 Å². The maximum Gasteiger partial charge on any atom is 0.251 e. The molecular formula is C29H30N2O4. The lowest BCUT2D eigenvalue weighted by Gasteiger charge is -2.24. The summed E-state index contributed by atoms with van der Waals surface area (Å²) >= 11 is 0. The topological polar surface area (TPSA) is 61.7 Å². The van der Waals surface area contributed by atoms with Gasteiger partial charge in [0, 0.05) is 17.5 Å². The van der Waals surface area contributed by atoms with E-state index in [4.69, 9.17) is 14.2 Å². The van der Waals surface area contributed by atoms with Crippen molar-refractivity contribution < 1.29 is 14.2 Å². The molecule has 0 bridgehead atoms. The van der Waals surface area contributed by atoms with Crippen molar-refractivity contribution in [1.82, 2.24) is 9.88 Å². The number of methoxy groups -OCH3 is 2. The second-order valence-electron chi connectivity index (χ2n) is 8.81. The molecule has 6 heteroatoms. The average Bonchev–Trinajstić information content (AvgIpc) is 2.91. The Labute approximate surface area is 205 Å². The molecule has 0 saturated carbocycles. The van der Waals surface area contributed by atoms with Crippen LogP contribution in [0.3, 0.4) is 0 Å². The summed E-state index contributed by atoms with van der Waals surface area (Å²) in [5.74, 6) is 2.36. The molecule has 0 aliphatic carbocycles. The van der Waals surface area contributed by atoms with Crippen molar-refractivity contribution in [1.29, 1.82) is 0 Å². The van der Waals surface area contributed by atoms with Crippen LogP contribution in [-0.2, 0) is 6.54 Å². The number of nitrogens with zero attached hydrogens (tertiary/aromatic N) is 1. The molecule has 5 rings (SSSR count). The van der Waals surface area contributed by atoms with Crippen molar-refractivity contribution in [3.63, 3.8) is 0 Å². The number of nitrogens with one attached hydrogen (secondary N) is 1. The SMILES string of the molecule is COc1ccc(-c2cc(=O)n(Cc3ccc(OC4CCNCC4)cc3)c3cc(OC)ccc23)cc1. The number of ether oxygens (including phenoxy) is 3. The van der Waals surface area contributed by atoms with Crippen molar-refractivity contribution in [2.45, 2.75) is 25.5 Å². The first-order valence-electron chi connectivity index (χ1n) is 12.0. The number of hydrogen-bond acceptors (Lipinski definition) is 5. The predicted molar refractivity (Wildman–Crippen MR) is 139 cm³/mol. The van der Waals surface area contributed by atoms with Gasteiger partial charge in [0.1, 0.15) is 23.4 Å². The van der Waals surface area contributed by atoms with Gasteiger partial charge in [0.25, 0.3) is 5.56 Å². The summed E-state index contributed by atoms with van der Waals surface area (Å²) in [7, 11) is 3.28. The van der Waals surface area contributed by atoms with Gasteiger partial charge >= 0.3 is 0 Å². The van der Waals surface area contributed by atoms with Gasteiger partial charge in [-0.25, -0.2) is 0 Å². The smallest absolute Gasteiger partial charge is 0.251 e. The minimum absolute atomic E-state index is 0.0633. The minimum Gasteiger partial charge on any atom is -0.497 e. The summed E-state index contributed by atoms with van der Waals surface area (Å²) in [6.45, 7) is 2.45. The highest BCUT2D eigenvalue weighted by Crippen LogP contribution is 2.31. The van der Waals surface area contributed by atoms with E-state index in [1.807, 2.05) is 66.7 Å². The second-order valence-corrected chi connectivity index (χ2v) is 8.81. The molecule has 2 heterocycles. The third-order valence-electron chi connectivity index (χ3n) is 6.57. The van der Waals surface area contributed by atoms with Crippen molar-refractivity contribution in [3.8, 4) is 28.4 Å². The summed E-state index contributed by atoms with van der Waals surface area (Å²) in [4.78, 5) is 13.4. The molecule has 0 atom stereocenters. The molecule has 0 spiro atoms. The Morgan fingerprint density at radius 2 is 1.49 bits per heavy atom. The van der Waals surface area contributed by atoms with E-state index in [9.17, 15) is 4.79 Å². The molecule has 0 unspecified atom stereocenters. The first kappa shape index (κ1) is 23.0. The van der Waals surface area contributed by atoms with Crippen LogP contribution in [0.25, 0.3) is 22.0 Å². The first-order chi connectivity index (χ1) is 17.1. The maximum atomic E-state index is 13.4. The zero-order valence-electron chi connectivity index (χ0n) is 20.1. The number of hydrogen-bond donors (Lipinski definition) is 1. The number of piperidine rings is 1. The lowest BCUT2D eigenvalue weighted by Crippen LogP contribution is -2.34. The molecule has 0 amide bonds. The number of benzene rings is 3. The fourth-order valence-electron chi connectivity index (χ4n) is 4.62. The highest BCUT2D eigenvalue weighted by Gasteiger charge is 2.15. The Bertz CT molecular complexity index is 1350. The van der Waals surface area contributed by atoms with Crippen molar-refractivity contribution >= 4 is 10.9 Å². The van der Waals surface area contributed by atoms with Crippen molar-refractivity contribution in [3.05, 3.63) is 88.7 Å². The molecule has 180 valence electrons. The summed E-state index contributed by atoms with van der Waals surface area (Å²) in [6.07, 6.45) is 2.29. The standard InChI is InChI=1S/C29H30N2O4/c1-33-22-9-5-21(6-10-22)27-18-29(32)31(28-17-25(34-2)11-12-26(27)28)19-20-3-7-23(8-4-20)35-24-13-15-30-16-14-24/h3-12,17-18,24,30H,13-16,19H2,1-2H3. The Kier molecular flexibility index (Phi) is 6.73. The van der Waals surface area contributed by atoms with Gasteiger partial charge < -0.3 is 24.1 Å². The fourth-order valence-corrected chi connectivity index (χ4v) is 4.62. The van der Waals surface area contributed by atoms with Gasteiger partial charge in [-0.1, -0.05) is 24.3 Å². The molecule has 4 aromatic rings. The third-order valence-corrected chi connectivity index (χ3v) is 6.57. The zero-order valence-corrected chi connectivity index (χ0v) is 20.1. The highest BCUT2D eigenvalue weighted by atomic mass is 16.5. The molecule has 1 aliphatic heterocycles. The summed E-state index contributed by atoms with van der Waals surface area (Å²) in [6, 6.07) is 23.4. The molecule has 1 N–H and O–H groups in total. The fraction of sp³-hybridized carbons (Fsp3) is 0.276. The monoisotopic (exact) mass is 470 g/mol. The van der Waals surface area contributed by atoms with Crippen molar-refractivity contribution in [2.24, 2.45) is 0 Å². The number of fused-ring (bicyclic) bond motifs is 1. The molecule has 35 heavy (non-hydrogen) atoms. The van der Waals surface area contributed by atoms with Crippen LogP contribution >= 0.6 is 0 Å². The van der Waals surface area contributed by atoms with Gasteiger partial charge in [0.15, 0.2) is 0 Å². The lowest BCUT2D eigenvalue weighted by molar-refractivity contribution is 0.162. The Morgan fingerprint density at radius 1 is 0.829 bits per heavy atom. The van der Waals surface area contributed by atoms with Crippen LogP contribution in [0, 0.1) is 0 Å². The van der Waals surface area contributed by atoms with Gasteiger partial charge in [-0.05, 0) is 79.0 Å². The van der Waals surface area contributed by atoms with Gasteiger partial charge in [-0.2, -0.15) is 0 Å². The highest BCUT2D eigenvalue weighted by molar-refractivity contribution is 5.95. The van der Waals surface area contributed by atoms with Crippen LogP contribution in [0.4, 0.5) is 0 Å². The van der Waals surface area contributed by atoms with Crippen LogP contribution < -0.4 is 25.1 Å². The number of pyridine rings is 1. The van der Waals surface area contributed by atoms with Crippen LogP contribution in [0.15, 0.2) is 77.6 Å². The lowest BCUT2D eigenvalue weighted by atomic mass is 10.0. The normalized spacial score (nSPS) is 14.1. The molecule has 1 fully saturated rings. The summed E-state index contributed by atoms with van der Waals surface area (Å²) in [5, 5.41) is 4.34. The van der Waals surface area contributed by atoms with E-state index < -0.39 is 0 Å². The number of aromatic nitrogens is 1. The molecule has 1 saturated heterocycles. The van der Waals surface area contributed by atoms with E-state index in [-0.39, 0.29) is 11.7 Å². The van der Waals surface area contributed by atoms with Gasteiger partial charge in [-0.15, -0.1) is 0 Å². The first-order valence-corrected chi connectivity index (χ1v) is 12.0. The molecule has 1 aromatic heterocycles. The predicted octanol–water partition coefficient (Wildman–Crippen LogP) is 4.86. The Hall–Kier alpha value is -3.77. The van der Waals surface area contributed by atoms with Gasteiger partial charge in [0.2, 0.25) is 0 Å². The minimum atomic E-state index is -0.0633. The van der Waals surface area contributed by atoms with E-state index in [1.165, 1.54) is 0 Å². The number of rotatable bonds is 7. The van der Waals surface area contributed by atoms with E-state index in [1.54, 1.807) is 24.9 Å². The molecule has 1 aliphatic rings. The average molecular weight is 471 g/mol. The molecule has 3 aromatic carbocycles. The van der Waals surface area contributed by atoms with Crippen molar-refractivity contribution in [2.75, 3.05) is 27.3 Å². The molecule has 6 nitrogen and oxygen atoms in total. The van der Waals surface area contributed by atoms with Gasteiger partial charge in [-0.3, -0.25) is 4.79 Å².